The Balaban J connectivity index is 1.61. The van der Waals surface area contributed by atoms with E-state index in [9.17, 15) is 4.79 Å². The molecule has 5 heteroatoms. The summed E-state index contributed by atoms with van der Waals surface area (Å²) in [4.78, 5) is 12.5. The summed E-state index contributed by atoms with van der Waals surface area (Å²) >= 11 is 0. The maximum atomic E-state index is 12.5. The van der Waals surface area contributed by atoms with E-state index < -0.39 is 6.10 Å². The van der Waals surface area contributed by atoms with Crippen LogP contribution in [0.1, 0.15) is 30.5 Å². The number of hydrogen-bond donors (Lipinski definition) is 1. The van der Waals surface area contributed by atoms with E-state index >= 15 is 0 Å². The van der Waals surface area contributed by atoms with Crippen molar-refractivity contribution in [2.75, 3.05) is 5.32 Å². The van der Waals surface area contributed by atoms with Gasteiger partial charge >= 0.3 is 0 Å². The summed E-state index contributed by atoms with van der Waals surface area (Å²) in [6, 6.07) is 17.9. The van der Waals surface area contributed by atoms with Gasteiger partial charge in [0.25, 0.3) is 5.91 Å². The van der Waals surface area contributed by atoms with Gasteiger partial charge in [0.1, 0.15) is 11.6 Å². The van der Waals surface area contributed by atoms with Gasteiger partial charge < -0.3 is 10.1 Å². The van der Waals surface area contributed by atoms with Crippen LogP contribution in [0.3, 0.4) is 0 Å². The first-order valence-electron chi connectivity index (χ1n) is 9.19. The van der Waals surface area contributed by atoms with Gasteiger partial charge in [-0.25, -0.2) is 4.68 Å². The highest BCUT2D eigenvalue weighted by Crippen LogP contribution is 2.16. The number of nitrogens with one attached hydrogen (secondary N) is 1. The topological polar surface area (TPSA) is 56.1 Å². The Bertz CT molecular complexity index is 883. The summed E-state index contributed by atoms with van der Waals surface area (Å²) in [6.07, 6.45) is 2.04. The predicted octanol–water partition coefficient (Wildman–Crippen LogP) is 4.21. The van der Waals surface area contributed by atoms with Crippen LogP contribution in [0.5, 0.6) is 5.75 Å². The van der Waals surface area contributed by atoms with E-state index in [0.29, 0.717) is 18.1 Å². The minimum Gasteiger partial charge on any atom is -0.481 e. The minimum absolute atomic E-state index is 0.208. The molecular weight excluding hydrogens is 338 g/mol. The largest absolute Gasteiger partial charge is 0.481 e. The van der Waals surface area contributed by atoms with Crippen LogP contribution in [0.15, 0.2) is 60.8 Å². The Labute approximate surface area is 160 Å². The molecule has 0 saturated heterocycles. The molecule has 0 radical (unpaired) electrons. The molecule has 0 aliphatic rings. The number of carbonyl (C=O) groups is 1. The van der Waals surface area contributed by atoms with E-state index in [4.69, 9.17) is 4.74 Å². The lowest BCUT2D eigenvalue weighted by molar-refractivity contribution is -0.122. The first-order valence-corrected chi connectivity index (χ1v) is 9.19. The molecule has 0 saturated carbocycles. The second-order valence-corrected chi connectivity index (χ2v) is 6.61. The highest BCUT2D eigenvalue weighted by atomic mass is 16.5. The first-order chi connectivity index (χ1) is 13.0. The maximum Gasteiger partial charge on any atom is 0.266 e. The van der Waals surface area contributed by atoms with Gasteiger partial charge in [0, 0.05) is 6.07 Å². The molecule has 0 unspecified atom stereocenters. The number of aromatic nitrogens is 2. The summed E-state index contributed by atoms with van der Waals surface area (Å²) in [7, 11) is 0. The van der Waals surface area contributed by atoms with Crippen LogP contribution in [0.2, 0.25) is 0 Å². The summed E-state index contributed by atoms with van der Waals surface area (Å²) in [5.41, 5.74) is 3.57. The zero-order valence-corrected chi connectivity index (χ0v) is 16.0. The molecule has 1 atom stereocenters. The standard InChI is InChI=1S/C22H25N3O2/c1-4-18-9-11-20(12-10-18)27-17(3)22(26)24-21-13-14-23-25(21)15-19-7-5-16(2)6-8-19/h5-14,17H,4,15H2,1-3H3,(H,24,26)/t17-/m1/s1. The lowest BCUT2D eigenvalue weighted by atomic mass is 10.1. The fourth-order valence-corrected chi connectivity index (χ4v) is 2.72. The van der Waals surface area contributed by atoms with Crippen LogP contribution in [-0.2, 0) is 17.8 Å². The summed E-state index contributed by atoms with van der Waals surface area (Å²) < 4.78 is 7.52. The van der Waals surface area contributed by atoms with Gasteiger partial charge in [-0.3, -0.25) is 4.79 Å². The molecule has 2 aromatic carbocycles. The number of rotatable bonds is 7. The van der Waals surface area contributed by atoms with Crippen molar-refractivity contribution in [1.82, 2.24) is 9.78 Å². The van der Waals surface area contributed by atoms with Gasteiger partial charge in [-0.2, -0.15) is 5.10 Å². The average Bonchev–Trinajstić information content (AvgIpc) is 3.10. The number of hydrogen-bond acceptors (Lipinski definition) is 3. The molecule has 1 amide bonds. The van der Waals surface area contributed by atoms with Gasteiger partial charge in [-0.15, -0.1) is 0 Å². The van der Waals surface area contributed by atoms with Crippen LogP contribution in [0.25, 0.3) is 0 Å². The number of aryl methyl sites for hydroxylation is 2. The minimum atomic E-state index is -0.611. The number of ether oxygens (including phenoxy) is 1. The molecule has 27 heavy (non-hydrogen) atoms. The van der Waals surface area contributed by atoms with Crippen LogP contribution in [0, 0.1) is 6.92 Å². The van der Waals surface area contributed by atoms with E-state index in [1.54, 1.807) is 23.9 Å². The second kappa shape index (κ2) is 8.54. The van der Waals surface area contributed by atoms with Gasteiger partial charge in [0.2, 0.25) is 0 Å². The van der Waals surface area contributed by atoms with Gasteiger partial charge in [0.05, 0.1) is 12.7 Å². The molecule has 1 aromatic heterocycles. The monoisotopic (exact) mass is 363 g/mol. The average molecular weight is 363 g/mol. The third kappa shape index (κ3) is 4.97. The molecule has 3 aromatic rings. The molecular formula is C22H25N3O2. The number of anilines is 1. The van der Waals surface area contributed by atoms with Gasteiger partial charge in [-0.1, -0.05) is 48.9 Å². The quantitative estimate of drug-likeness (QED) is 0.684. The van der Waals surface area contributed by atoms with Crippen molar-refractivity contribution in [2.45, 2.75) is 39.8 Å². The number of nitrogens with zero attached hydrogens (tertiary/aromatic N) is 2. The highest BCUT2D eigenvalue weighted by molar-refractivity contribution is 5.93. The number of carbonyl (C=O) groups excluding carboxylic acids is 1. The molecule has 0 spiro atoms. The lowest BCUT2D eigenvalue weighted by Crippen LogP contribution is -2.31. The SMILES string of the molecule is CCc1ccc(O[C@H](C)C(=O)Nc2ccnn2Cc2ccc(C)cc2)cc1. The Hall–Kier alpha value is -3.08. The molecule has 3 rings (SSSR count). The Morgan fingerprint density at radius 3 is 2.41 bits per heavy atom. The molecule has 0 fully saturated rings. The second-order valence-electron chi connectivity index (χ2n) is 6.61. The maximum absolute atomic E-state index is 12.5. The van der Waals surface area contributed by atoms with Crippen LogP contribution >= 0.6 is 0 Å². The number of benzene rings is 2. The third-order valence-electron chi connectivity index (χ3n) is 4.43. The first kappa shape index (κ1) is 18.7. The highest BCUT2D eigenvalue weighted by Gasteiger charge is 2.17. The molecule has 0 aliphatic heterocycles. The normalized spacial score (nSPS) is 11.8. The van der Waals surface area contributed by atoms with E-state index in [1.807, 2.05) is 24.3 Å². The van der Waals surface area contributed by atoms with E-state index in [0.717, 1.165) is 12.0 Å². The van der Waals surface area contributed by atoms with Crippen molar-refractivity contribution < 1.29 is 9.53 Å². The predicted molar refractivity (Wildman–Crippen MR) is 107 cm³/mol. The van der Waals surface area contributed by atoms with Crippen LogP contribution < -0.4 is 10.1 Å². The van der Waals surface area contributed by atoms with E-state index in [-0.39, 0.29) is 5.91 Å². The lowest BCUT2D eigenvalue weighted by Gasteiger charge is -2.16. The zero-order chi connectivity index (χ0) is 19.2. The Morgan fingerprint density at radius 1 is 1.07 bits per heavy atom. The molecule has 1 N–H and O–H groups in total. The summed E-state index contributed by atoms with van der Waals surface area (Å²) in [5, 5.41) is 7.21. The zero-order valence-electron chi connectivity index (χ0n) is 16.0. The van der Waals surface area contributed by atoms with E-state index in [2.05, 4.69) is 48.5 Å². The molecule has 140 valence electrons. The van der Waals surface area contributed by atoms with Crippen molar-refractivity contribution in [3.05, 3.63) is 77.5 Å². The third-order valence-corrected chi connectivity index (χ3v) is 4.43. The van der Waals surface area contributed by atoms with E-state index in [1.165, 1.54) is 11.1 Å². The number of amides is 1. The molecule has 5 nitrogen and oxygen atoms in total. The fourth-order valence-electron chi connectivity index (χ4n) is 2.72. The van der Waals surface area contributed by atoms with Crippen molar-refractivity contribution in [2.24, 2.45) is 0 Å². The van der Waals surface area contributed by atoms with Crippen molar-refractivity contribution in [3.8, 4) is 5.75 Å². The Kier molecular flexibility index (Phi) is 5.91. The summed E-state index contributed by atoms with van der Waals surface area (Å²) in [5.74, 6) is 1.13. The van der Waals surface area contributed by atoms with Gasteiger partial charge in [-0.05, 0) is 43.5 Å². The summed E-state index contributed by atoms with van der Waals surface area (Å²) in [6.45, 7) is 6.49. The fraction of sp³-hybridized carbons (Fsp3) is 0.273. The smallest absolute Gasteiger partial charge is 0.266 e. The van der Waals surface area contributed by atoms with Gasteiger partial charge in [0.15, 0.2) is 6.10 Å². The van der Waals surface area contributed by atoms with Crippen LogP contribution in [-0.4, -0.2) is 21.8 Å². The van der Waals surface area contributed by atoms with Crippen LogP contribution in [0.4, 0.5) is 5.82 Å². The van der Waals surface area contributed by atoms with Crippen molar-refractivity contribution in [3.63, 3.8) is 0 Å². The molecule has 0 aliphatic carbocycles. The van der Waals surface area contributed by atoms with Crippen molar-refractivity contribution in [1.29, 1.82) is 0 Å². The van der Waals surface area contributed by atoms with Crippen molar-refractivity contribution >= 4 is 11.7 Å². The molecule has 1 heterocycles. The Morgan fingerprint density at radius 2 is 1.74 bits per heavy atom. The molecule has 0 bridgehead atoms.